The molecule has 0 spiro atoms. The molecule has 15 heavy (non-hydrogen) atoms. The second-order valence-corrected chi connectivity index (χ2v) is 4.49. The van der Waals surface area contributed by atoms with Gasteiger partial charge in [-0.3, -0.25) is 4.79 Å². The maximum atomic E-state index is 11.1. The summed E-state index contributed by atoms with van der Waals surface area (Å²) in [6, 6.07) is 0.584. The highest BCUT2D eigenvalue weighted by atomic mass is 16.5. The molecule has 86 valence electrons. The molecule has 1 unspecified atom stereocenters. The summed E-state index contributed by atoms with van der Waals surface area (Å²) in [6.07, 6.45) is 1.49. The Labute approximate surface area is 92.1 Å². The second kappa shape index (κ2) is 5.31. The van der Waals surface area contributed by atoms with Gasteiger partial charge in [-0.1, -0.05) is 12.2 Å². The molecule has 1 rings (SSSR count). The molecule has 1 aliphatic heterocycles. The molecule has 3 nitrogen and oxygen atoms in total. The van der Waals surface area contributed by atoms with Crippen molar-refractivity contribution in [2.45, 2.75) is 32.7 Å². The zero-order valence-corrected chi connectivity index (χ0v) is 9.95. The van der Waals surface area contributed by atoms with Crippen LogP contribution >= 0.6 is 0 Å². The Morgan fingerprint density at radius 3 is 2.73 bits per heavy atom. The highest BCUT2D eigenvalue weighted by Gasteiger charge is 2.26. The predicted molar refractivity (Wildman–Crippen MR) is 60.6 cm³/mol. The molecule has 3 heteroatoms. The first-order valence-corrected chi connectivity index (χ1v) is 5.53. The van der Waals surface area contributed by atoms with Crippen molar-refractivity contribution in [3.05, 3.63) is 12.2 Å². The summed E-state index contributed by atoms with van der Waals surface area (Å²) >= 11 is 0. The number of nitrogens with zero attached hydrogens (tertiary/aromatic N) is 1. The average Bonchev–Trinajstić information content (AvgIpc) is 2.66. The monoisotopic (exact) mass is 211 g/mol. The van der Waals surface area contributed by atoms with Crippen LogP contribution in [-0.4, -0.2) is 37.1 Å². The minimum Gasteiger partial charge on any atom is -0.469 e. The number of ether oxygens (including phenoxy) is 1. The van der Waals surface area contributed by atoms with Gasteiger partial charge in [0.25, 0.3) is 0 Å². The number of esters is 1. The van der Waals surface area contributed by atoms with Gasteiger partial charge in [-0.2, -0.15) is 0 Å². The Balaban J connectivity index is 2.40. The van der Waals surface area contributed by atoms with Gasteiger partial charge in [-0.05, 0) is 32.7 Å². The van der Waals surface area contributed by atoms with Gasteiger partial charge in [-0.25, -0.2) is 0 Å². The number of methoxy groups -OCH3 is 1. The van der Waals surface area contributed by atoms with E-state index in [2.05, 4.69) is 30.1 Å². The Hall–Kier alpha value is -0.830. The fourth-order valence-electron chi connectivity index (χ4n) is 1.99. The first kappa shape index (κ1) is 12.2. The van der Waals surface area contributed by atoms with Gasteiger partial charge in [-0.15, -0.1) is 0 Å². The molecular weight excluding hydrogens is 190 g/mol. The molecule has 0 saturated carbocycles. The molecular formula is C12H21NO2. The quantitative estimate of drug-likeness (QED) is 0.525. The van der Waals surface area contributed by atoms with Crippen molar-refractivity contribution < 1.29 is 9.53 Å². The number of hydrogen-bond donors (Lipinski definition) is 0. The average molecular weight is 211 g/mol. The maximum absolute atomic E-state index is 11.1. The van der Waals surface area contributed by atoms with Crippen molar-refractivity contribution >= 4 is 5.97 Å². The van der Waals surface area contributed by atoms with E-state index in [9.17, 15) is 4.79 Å². The summed E-state index contributed by atoms with van der Waals surface area (Å²) in [5, 5.41) is 0. The summed E-state index contributed by atoms with van der Waals surface area (Å²) in [5.41, 5.74) is 1.02. The standard InChI is InChI=1S/C12H21NO2/c1-9(2)13-6-5-11(8-13)10(3)7-12(14)15-4/h9,11H,3,5-8H2,1-2,4H3. The number of hydrogen-bond acceptors (Lipinski definition) is 3. The Morgan fingerprint density at radius 1 is 1.60 bits per heavy atom. The van der Waals surface area contributed by atoms with E-state index >= 15 is 0 Å². The number of carbonyl (C=O) groups is 1. The lowest BCUT2D eigenvalue weighted by Gasteiger charge is -2.20. The highest BCUT2D eigenvalue weighted by Crippen LogP contribution is 2.26. The largest absolute Gasteiger partial charge is 0.469 e. The lowest BCUT2D eigenvalue weighted by atomic mass is 9.97. The molecule has 0 aromatic heterocycles. The number of carbonyl (C=O) groups excluding carboxylic acids is 1. The molecule has 1 heterocycles. The van der Waals surface area contributed by atoms with Gasteiger partial charge >= 0.3 is 5.97 Å². The van der Waals surface area contributed by atoms with Gasteiger partial charge in [0.1, 0.15) is 0 Å². The summed E-state index contributed by atoms with van der Waals surface area (Å²) in [7, 11) is 1.42. The van der Waals surface area contributed by atoms with Crippen LogP contribution in [0, 0.1) is 5.92 Å². The first-order chi connectivity index (χ1) is 7.04. The molecule has 1 aliphatic rings. The van der Waals surface area contributed by atoms with Crippen molar-refractivity contribution in [1.82, 2.24) is 4.90 Å². The lowest BCUT2D eigenvalue weighted by molar-refractivity contribution is -0.139. The van der Waals surface area contributed by atoms with Crippen LogP contribution in [0.5, 0.6) is 0 Å². The van der Waals surface area contributed by atoms with Crippen LogP contribution < -0.4 is 0 Å². The van der Waals surface area contributed by atoms with E-state index in [0.717, 1.165) is 25.1 Å². The van der Waals surface area contributed by atoms with Crippen LogP contribution in [0.4, 0.5) is 0 Å². The zero-order valence-electron chi connectivity index (χ0n) is 9.95. The van der Waals surface area contributed by atoms with Crippen LogP contribution in [0.15, 0.2) is 12.2 Å². The van der Waals surface area contributed by atoms with Crippen LogP contribution in [0.3, 0.4) is 0 Å². The van der Waals surface area contributed by atoms with E-state index in [4.69, 9.17) is 0 Å². The van der Waals surface area contributed by atoms with E-state index in [1.54, 1.807) is 0 Å². The molecule has 0 N–H and O–H groups in total. The van der Waals surface area contributed by atoms with Gasteiger partial charge in [0.15, 0.2) is 0 Å². The van der Waals surface area contributed by atoms with E-state index < -0.39 is 0 Å². The van der Waals surface area contributed by atoms with Gasteiger partial charge in [0.05, 0.1) is 13.5 Å². The van der Waals surface area contributed by atoms with Crippen molar-refractivity contribution in [1.29, 1.82) is 0 Å². The third-order valence-electron chi connectivity index (χ3n) is 3.13. The highest BCUT2D eigenvalue weighted by molar-refractivity contribution is 5.72. The zero-order chi connectivity index (χ0) is 11.4. The molecule has 1 atom stereocenters. The molecule has 0 radical (unpaired) electrons. The summed E-state index contributed by atoms with van der Waals surface area (Å²) in [5.74, 6) is 0.287. The molecule has 1 fully saturated rings. The first-order valence-electron chi connectivity index (χ1n) is 5.53. The Morgan fingerprint density at radius 2 is 2.27 bits per heavy atom. The Kier molecular flexibility index (Phi) is 4.33. The lowest BCUT2D eigenvalue weighted by Crippen LogP contribution is -2.28. The van der Waals surface area contributed by atoms with E-state index in [1.165, 1.54) is 7.11 Å². The minimum absolute atomic E-state index is 0.178. The molecule has 0 bridgehead atoms. The Bertz CT molecular complexity index is 248. The maximum Gasteiger partial charge on any atom is 0.309 e. The normalized spacial score (nSPS) is 22.0. The molecule has 0 aromatic rings. The van der Waals surface area contributed by atoms with E-state index in [1.807, 2.05) is 0 Å². The van der Waals surface area contributed by atoms with E-state index in [-0.39, 0.29) is 5.97 Å². The SMILES string of the molecule is C=C(CC(=O)OC)C1CCN(C(C)C)C1. The fourth-order valence-corrected chi connectivity index (χ4v) is 1.99. The molecule has 0 aliphatic carbocycles. The van der Waals surface area contributed by atoms with Crippen LogP contribution in [0.2, 0.25) is 0 Å². The second-order valence-electron chi connectivity index (χ2n) is 4.49. The van der Waals surface area contributed by atoms with Crippen LogP contribution in [0.25, 0.3) is 0 Å². The predicted octanol–water partition coefficient (Wildman–Crippen LogP) is 1.84. The van der Waals surface area contributed by atoms with Gasteiger partial charge < -0.3 is 9.64 Å². The van der Waals surface area contributed by atoms with Crippen molar-refractivity contribution in [3.8, 4) is 0 Å². The number of rotatable bonds is 4. The summed E-state index contributed by atoms with van der Waals surface area (Å²) < 4.78 is 4.64. The topological polar surface area (TPSA) is 29.5 Å². The molecule has 1 saturated heterocycles. The fraction of sp³-hybridized carbons (Fsp3) is 0.750. The van der Waals surface area contributed by atoms with Gasteiger partial charge in [0, 0.05) is 12.6 Å². The van der Waals surface area contributed by atoms with Crippen LogP contribution in [-0.2, 0) is 9.53 Å². The van der Waals surface area contributed by atoms with E-state index in [0.29, 0.717) is 18.4 Å². The van der Waals surface area contributed by atoms with Gasteiger partial charge in [0.2, 0.25) is 0 Å². The van der Waals surface area contributed by atoms with Crippen LogP contribution in [0.1, 0.15) is 26.7 Å². The summed E-state index contributed by atoms with van der Waals surface area (Å²) in [4.78, 5) is 13.5. The summed E-state index contributed by atoms with van der Waals surface area (Å²) in [6.45, 7) is 10.5. The smallest absolute Gasteiger partial charge is 0.309 e. The van der Waals surface area contributed by atoms with Crippen molar-refractivity contribution in [2.75, 3.05) is 20.2 Å². The molecule has 0 aromatic carbocycles. The third kappa shape index (κ3) is 3.34. The number of likely N-dealkylation sites (tertiary alicyclic amines) is 1. The minimum atomic E-state index is -0.178. The van der Waals surface area contributed by atoms with Crippen molar-refractivity contribution in [3.63, 3.8) is 0 Å². The van der Waals surface area contributed by atoms with Crippen molar-refractivity contribution in [2.24, 2.45) is 5.92 Å². The molecule has 0 amide bonds. The third-order valence-corrected chi connectivity index (χ3v) is 3.13.